The normalized spacial score (nSPS) is 11.4. The van der Waals surface area contributed by atoms with Crippen LogP contribution in [0.25, 0.3) is 11.2 Å². The summed E-state index contributed by atoms with van der Waals surface area (Å²) in [5, 5.41) is 20.1. The number of imidazole rings is 1. The average molecular weight is 676 g/mol. The highest BCUT2D eigenvalue weighted by Crippen LogP contribution is 2.18. The molecule has 0 bridgehead atoms. The molecule has 0 aliphatic heterocycles. The van der Waals surface area contributed by atoms with E-state index in [1.165, 1.54) is 4.57 Å². The Kier molecular flexibility index (Phi) is 13.1. The fourth-order valence-electron chi connectivity index (χ4n) is 4.79. The Balaban J connectivity index is 1.17. The van der Waals surface area contributed by atoms with Gasteiger partial charge in [0.05, 0.1) is 13.1 Å². The lowest BCUT2D eigenvalue weighted by Crippen LogP contribution is -2.41. The van der Waals surface area contributed by atoms with Gasteiger partial charge in [-0.15, -0.1) is 0 Å². The first-order valence-electron chi connectivity index (χ1n) is 16.0. The lowest BCUT2D eigenvalue weighted by atomic mass is 10.1. The minimum absolute atomic E-state index is 0.0197. The zero-order valence-electron chi connectivity index (χ0n) is 27.2. The molecule has 1 atom stereocenters. The summed E-state index contributed by atoms with van der Waals surface area (Å²) in [6.45, 7) is 2.94. The zero-order valence-corrected chi connectivity index (χ0v) is 27.2. The molecule has 0 saturated carbocycles. The number of unbranched alkanes of at least 4 members (excludes halogenated alkanes) is 2. The molecule has 2 aromatic heterocycles. The Labute approximate surface area is 281 Å². The first-order chi connectivity index (χ1) is 23.6. The number of rotatable bonds is 18. The fourth-order valence-corrected chi connectivity index (χ4v) is 4.79. The van der Waals surface area contributed by atoms with E-state index in [1.54, 1.807) is 48.5 Å². The number of aliphatic carboxylic acids is 1. The highest BCUT2D eigenvalue weighted by molar-refractivity contribution is 5.96. The van der Waals surface area contributed by atoms with Crippen LogP contribution in [0.2, 0.25) is 0 Å². The van der Waals surface area contributed by atoms with E-state index in [2.05, 4.69) is 43.1 Å². The molecule has 0 radical (unpaired) electrons. The molecule has 0 saturated heterocycles. The zero-order chi connectivity index (χ0) is 35.2. The Hall–Kier alpha value is -5.93. The summed E-state index contributed by atoms with van der Waals surface area (Å²) >= 11 is 0. The number of carboxylic acids is 1. The maximum absolute atomic E-state index is 12.7. The van der Waals surface area contributed by atoms with Crippen molar-refractivity contribution in [1.82, 2.24) is 35.5 Å². The second-order valence-corrected chi connectivity index (χ2v) is 11.2. The number of H-pyrrole nitrogens is 1. The van der Waals surface area contributed by atoms with Crippen LogP contribution in [-0.4, -0.2) is 74.2 Å². The maximum atomic E-state index is 12.7. The van der Waals surface area contributed by atoms with Gasteiger partial charge in [-0.25, -0.2) is 14.4 Å². The summed E-state index contributed by atoms with van der Waals surface area (Å²) in [4.78, 5) is 72.5. The molecule has 0 fully saturated rings. The van der Waals surface area contributed by atoms with E-state index in [0.29, 0.717) is 42.1 Å². The van der Waals surface area contributed by atoms with Crippen LogP contribution in [0.5, 0.6) is 0 Å². The van der Waals surface area contributed by atoms with Gasteiger partial charge in [0.25, 0.3) is 5.91 Å². The van der Waals surface area contributed by atoms with Crippen molar-refractivity contribution in [2.75, 3.05) is 30.7 Å². The molecule has 0 aliphatic carbocycles. The molecule has 3 amide bonds. The fraction of sp³-hybridized carbons (Fsp3) is 0.364. The molecular formula is C33H41N9O7. The quantitative estimate of drug-likeness (QED) is 0.0756. The highest BCUT2D eigenvalue weighted by Gasteiger charge is 2.20. The molecule has 0 aliphatic rings. The number of ether oxygens (including phenoxy) is 1. The number of fused-ring (bicyclic) bond motifs is 1. The number of carbonyl (C=O) groups excluding carboxylic acids is 3. The first kappa shape index (κ1) is 35.9. The molecule has 16 heteroatoms. The Morgan fingerprint density at radius 3 is 2.43 bits per heavy atom. The lowest BCUT2D eigenvalue weighted by Gasteiger charge is -2.14. The van der Waals surface area contributed by atoms with Gasteiger partial charge in [0.1, 0.15) is 18.2 Å². The van der Waals surface area contributed by atoms with E-state index in [0.717, 1.165) is 24.0 Å². The molecule has 2 heterocycles. The molecule has 8 N–H and O–H groups in total. The summed E-state index contributed by atoms with van der Waals surface area (Å²) in [6.07, 6.45) is 2.11. The van der Waals surface area contributed by atoms with Crippen molar-refractivity contribution in [2.45, 2.75) is 58.2 Å². The third kappa shape index (κ3) is 10.8. The minimum Gasteiger partial charge on any atom is -0.480 e. The van der Waals surface area contributed by atoms with Crippen molar-refractivity contribution in [1.29, 1.82) is 0 Å². The number of nitrogens with zero attached hydrogens (tertiary/aromatic N) is 3. The van der Waals surface area contributed by atoms with Gasteiger partial charge in [0, 0.05) is 18.7 Å². The topological polar surface area (TPSA) is 235 Å². The van der Waals surface area contributed by atoms with E-state index < -0.39 is 35.6 Å². The monoisotopic (exact) mass is 675 g/mol. The van der Waals surface area contributed by atoms with Crippen molar-refractivity contribution in [3.8, 4) is 0 Å². The molecule has 4 rings (SSSR count). The maximum Gasteiger partial charge on any atom is 0.408 e. The van der Waals surface area contributed by atoms with Gasteiger partial charge in [-0.05, 0) is 48.9 Å². The number of carboxylic acid groups (broad SMARTS) is 1. The van der Waals surface area contributed by atoms with Gasteiger partial charge in [-0.1, -0.05) is 55.8 Å². The summed E-state index contributed by atoms with van der Waals surface area (Å²) in [6, 6.07) is 14.5. The highest BCUT2D eigenvalue weighted by atomic mass is 16.5. The van der Waals surface area contributed by atoms with E-state index in [-0.39, 0.29) is 38.5 Å². The van der Waals surface area contributed by atoms with Crippen molar-refractivity contribution in [3.05, 3.63) is 81.8 Å². The van der Waals surface area contributed by atoms with Gasteiger partial charge < -0.3 is 41.8 Å². The van der Waals surface area contributed by atoms with Crippen LogP contribution in [0, 0.1) is 0 Å². The van der Waals surface area contributed by atoms with Crippen LogP contribution in [0.3, 0.4) is 0 Å². The van der Waals surface area contributed by atoms with Crippen molar-refractivity contribution < 1.29 is 29.0 Å². The van der Waals surface area contributed by atoms with Crippen LogP contribution >= 0.6 is 0 Å². The van der Waals surface area contributed by atoms with E-state index >= 15 is 0 Å². The Morgan fingerprint density at radius 1 is 0.959 bits per heavy atom. The summed E-state index contributed by atoms with van der Waals surface area (Å²) in [5.74, 6) is -1.56. The SMILES string of the molecule is CCCCNc1nc(N)c2[nH]c(=O)n(Cc3ccc(C(=O)NCC(=O)NCCCC[C@H](NC(=O)OCc4ccccc4)C(=O)O)cc3)c2n1. The van der Waals surface area contributed by atoms with Gasteiger partial charge >= 0.3 is 17.8 Å². The number of anilines is 2. The first-order valence-corrected chi connectivity index (χ1v) is 16.0. The number of carbonyl (C=O) groups is 4. The van der Waals surface area contributed by atoms with Gasteiger partial charge in [0.2, 0.25) is 11.9 Å². The molecule has 0 unspecified atom stereocenters. The number of nitrogens with one attached hydrogen (secondary N) is 5. The number of aromatic nitrogens is 4. The van der Waals surface area contributed by atoms with Crippen molar-refractivity contribution in [2.24, 2.45) is 0 Å². The molecule has 2 aromatic carbocycles. The summed E-state index contributed by atoms with van der Waals surface area (Å²) in [7, 11) is 0. The smallest absolute Gasteiger partial charge is 0.408 e. The molecule has 260 valence electrons. The number of benzene rings is 2. The molecule has 0 spiro atoms. The minimum atomic E-state index is -1.19. The van der Waals surface area contributed by atoms with Crippen LogP contribution in [0.15, 0.2) is 59.4 Å². The van der Waals surface area contributed by atoms with Crippen LogP contribution in [0.4, 0.5) is 16.6 Å². The number of nitrogens with two attached hydrogens (primary N) is 1. The third-order valence-corrected chi connectivity index (χ3v) is 7.48. The predicted molar refractivity (Wildman–Crippen MR) is 182 cm³/mol. The van der Waals surface area contributed by atoms with Crippen LogP contribution in [-0.2, 0) is 27.5 Å². The Morgan fingerprint density at radius 2 is 1.71 bits per heavy atom. The number of amides is 3. The van der Waals surface area contributed by atoms with Crippen LogP contribution < -0.4 is 32.7 Å². The third-order valence-electron chi connectivity index (χ3n) is 7.48. The second kappa shape index (κ2) is 17.8. The van der Waals surface area contributed by atoms with E-state index in [4.69, 9.17) is 10.5 Å². The second-order valence-electron chi connectivity index (χ2n) is 11.2. The number of hydrogen-bond acceptors (Lipinski definition) is 10. The van der Waals surface area contributed by atoms with E-state index in [1.807, 2.05) is 6.07 Å². The molecular weight excluding hydrogens is 634 g/mol. The van der Waals surface area contributed by atoms with Gasteiger partial charge in [-0.3, -0.25) is 14.2 Å². The van der Waals surface area contributed by atoms with E-state index in [9.17, 15) is 29.1 Å². The lowest BCUT2D eigenvalue weighted by molar-refractivity contribution is -0.139. The number of hydrogen-bond donors (Lipinski definition) is 7. The molecule has 4 aromatic rings. The van der Waals surface area contributed by atoms with Crippen LogP contribution in [0.1, 0.15) is 60.5 Å². The standard InChI is InChI=1S/C33H41N9O7/c1-2-3-16-36-31-40-27(34)26-28(41-31)42(32(47)39-26)19-21-12-14-23(15-13-21)29(44)37-18-25(43)35-17-8-7-11-24(30(45)46)38-33(48)49-20-22-9-5-4-6-10-22/h4-6,9-10,12-15,24H,2-3,7-8,11,16-20H2,1H3,(H,35,43)(H,37,44)(H,38,48)(H,39,47)(H,45,46)(H3,34,36,40,41)/t24-/m0/s1. The van der Waals surface area contributed by atoms with Crippen molar-refractivity contribution in [3.63, 3.8) is 0 Å². The predicted octanol–water partition coefficient (Wildman–Crippen LogP) is 2.36. The number of nitrogen functional groups attached to an aromatic ring is 1. The average Bonchev–Trinajstić information content (AvgIpc) is 3.41. The number of aromatic amines is 1. The Bertz CT molecular complexity index is 1790. The van der Waals surface area contributed by atoms with Gasteiger partial charge in [0.15, 0.2) is 11.5 Å². The summed E-state index contributed by atoms with van der Waals surface area (Å²) < 4.78 is 6.52. The van der Waals surface area contributed by atoms with Gasteiger partial charge in [-0.2, -0.15) is 9.97 Å². The molecule has 16 nitrogen and oxygen atoms in total. The number of alkyl carbamates (subject to hydrolysis) is 1. The largest absolute Gasteiger partial charge is 0.480 e. The summed E-state index contributed by atoms with van der Waals surface area (Å²) in [5.41, 5.74) is 8.20. The molecule has 49 heavy (non-hydrogen) atoms. The van der Waals surface area contributed by atoms with Crippen molar-refractivity contribution >= 4 is 46.8 Å².